The molecule has 0 saturated carbocycles. The number of aliphatic hydroxyl groups is 1. The molecule has 2 N–H and O–H groups in total. The normalized spacial score (nSPS) is 12.6. The van der Waals surface area contributed by atoms with Gasteiger partial charge in [0.25, 0.3) is 5.69 Å². The van der Waals surface area contributed by atoms with Crippen molar-refractivity contribution in [2.24, 2.45) is 5.92 Å². The van der Waals surface area contributed by atoms with Crippen molar-refractivity contribution in [1.82, 2.24) is 5.32 Å². The van der Waals surface area contributed by atoms with E-state index < -0.39 is 0 Å². The van der Waals surface area contributed by atoms with Gasteiger partial charge >= 0.3 is 0 Å². The summed E-state index contributed by atoms with van der Waals surface area (Å²) < 4.78 is 0. The molecule has 0 spiro atoms. The van der Waals surface area contributed by atoms with Crippen LogP contribution in [0.1, 0.15) is 25.8 Å². The van der Waals surface area contributed by atoms with Gasteiger partial charge in [-0.3, -0.25) is 10.1 Å². The van der Waals surface area contributed by atoms with Gasteiger partial charge < -0.3 is 10.4 Å². The Bertz CT molecular complexity index is 407. The molecular formula is C14H22N2O3. The molecule has 0 saturated heterocycles. The van der Waals surface area contributed by atoms with E-state index >= 15 is 0 Å². The van der Waals surface area contributed by atoms with Crippen LogP contribution in [0.4, 0.5) is 5.69 Å². The van der Waals surface area contributed by atoms with Crippen molar-refractivity contribution in [1.29, 1.82) is 0 Å². The molecule has 1 atom stereocenters. The van der Waals surface area contributed by atoms with E-state index in [9.17, 15) is 15.2 Å². The first-order valence-corrected chi connectivity index (χ1v) is 6.61. The van der Waals surface area contributed by atoms with Gasteiger partial charge in [0.2, 0.25) is 0 Å². The third-order valence-electron chi connectivity index (χ3n) is 2.99. The van der Waals surface area contributed by atoms with Gasteiger partial charge in [0, 0.05) is 17.7 Å². The van der Waals surface area contributed by atoms with Gasteiger partial charge in [0.05, 0.1) is 11.5 Å². The predicted octanol–water partition coefficient (Wildman–Crippen LogP) is 2.13. The topological polar surface area (TPSA) is 75.4 Å². The maximum Gasteiger partial charge on any atom is 0.272 e. The standard InChI is InChI=1S/C14H22N2O3/c1-11(2)9-13(10-17)15-8-7-12-5-3-4-6-14(12)16(18)19/h3-6,11,13,15,17H,7-10H2,1-2H3. The van der Waals surface area contributed by atoms with Crippen LogP contribution >= 0.6 is 0 Å². The van der Waals surface area contributed by atoms with Crippen LogP contribution in [0.15, 0.2) is 24.3 Å². The monoisotopic (exact) mass is 266 g/mol. The number of nitrogens with one attached hydrogen (secondary N) is 1. The Labute approximate surface area is 113 Å². The van der Waals surface area contributed by atoms with Gasteiger partial charge in [0.1, 0.15) is 0 Å². The molecule has 1 aromatic rings. The highest BCUT2D eigenvalue weighted by Gasteiger charge is 2.13. The summed E-state index contributed by atoms with van der Waals surface area (Å²) in [6.07, 6.45) is 1.49. The SMILES string of the molecule is CC(C)CC(CO)NCCc1ccccc1[N+](=O)[O-]. The minimum Gasteiger partial charge on any atom is -0.395 e. The second kappa shape index (κ2) is 7.86. The first kappa shape index (κ1) is 15.6. The Hall–Kier alpha value is -1.46. The van der Waals surface area contributed by atoms with Crippen LogP contribution in [0.5, 0.6) is 0 Å². The lowest BCUT2D eigenvalue weighted by Crippen LogP contribution is -2.35. The molecule has 0 aliphatic carbocycles. The fraction of sp³-hybridized carbons (Fsp3) is 0.571. The molecule has 5 nitrogen and oxygen atoms in total. The molecule has 1 unspecified atom stereocenters. The molecule has 0 aliphatic rings. The van der Waals surface area contributed by atoms with Gasteiger partial charge in [-0.2, -0.15) is 0 Å². The zero-order valence-electron chi connectivity index (χ0n) is 11.5. The van der Waals surface area contributed by atoms with Crippen molar-refractivity contribution in [3.05, 3.63) is 39.9 Å². The number of aliphatic hydroxyl groups excluding tert-OH is 1. The van der Waals surface area contributed by atoms with E-state index in [1.165, 1.54) is 6.07 Å². The van der Waals surface area contributed by atoms with E-state index in [0.717, 1.165) is 12.0 Å². The molecule has 0 aliphatic heterocycles. The van der Waals surface area contributed by atoms with Crippen LogP contribution in [-0.4, -0.2) is 29.2 Å². The van der Waals surface area contributed by atoms with Crippen LogP contribution in [0, 0.1) is 16.0 Å². The fourth-order valence-electron chi connectivity index (χ4n) is 2.10. The lowest BCUT2D eigenvalue weighted by atomic mass is 10.0. The molecule has 0 amide bonds. The van der Waals surface area contributed by atoms with Gasteiger partial charge in [-0.15, -0.1) is 0 Å². The molecule has 0 heterocycles. The minimum atomic E-state index is -0.354. The maximum absolute atomic E-state index is 10.9. The Morgan fingerprint density at radius 1 is 1.37 bits per heavy atom. The van der Waals surface area contributed by atoms with Gasteiger partial charge in [-0.25, -0.2) is 0 Å². The highest BCUT2D eigenvalue weighted by atomic mass is 16.6. The lowest BCUT2D eigenvalue weighted by molar-refractivity contribution is -0.385. The molecule has 0 aromatic heterocycles. The smallest absolute Gasteiger partial charge is 0.272 e. The number of para-hydroxylation sites is 1. The highest BCUT2D eigenvalue weighted by Crippen LogP contribution is 2.17. The van der Waals surface area contributed by atoms with Crippen LogP contribution in [0.2, 0.25) is 0 Å². The number of hydrogen-bond donors (Lipinski definition) is 2. The number of nitro benzene ring substituents is 1. The summed E-state index contributed by atoms with van der Waals surface area (Å²) in [6.45, 7) is 4.93. The second-order valence-corrected chi connectivity index (χ2v) is 5.10. The van der Waals surface area contributed by atoms with Crippen LogP contribution in [0.25, 0.3) is 0 Å². The third kappa shape index (κ3) is 5.36. The molecule has 106 valence electrons. The minimum absolute atomic E-state index is 0.0581. The van der Waals surface area contributed by atoms with Crippen molar-refractivity contribution in [2.45, 2.75) is 32.7 Å². The molecule has 1 rings (SSSR count). The number of nitro groups is 1. The molecule has 1 aromatic carbocycles. The summed E-state index contributed by atoms with van der Waals surface area (Å²) in [5, 5.41) is 23.4. The second-order valence-electron chi connectivity index (χ2n) is 5.10. The summed E-state index contributed by atoms with van der Waals surface area (Å²) >= 11 is 0. The van der Waals surface area contributed by atoms with Crippen molar-refractivity contribution in [3.8, 4) is 0 Å². The number of nitrogens with zero attached hydrogens (tertiary/aromatic N) is 1. The first-order chi connectivity index (χ1) is 9.04. The zero-order valence-corrected chi connectivity index (χ0v) is 11.5. The molecule has 0 fully saturated rings. The zero-order chi connectivity index (χ0) is 14.3. The summed E-state index contributed by atoms with van der Waals surface area (Å²) in [4.78, 5) is 10.5. The lowest BCUT2D eigenvalue weighted by Gasteiger charge is -2.18. The van der Waals surface area contributed by atoms with Gasteiger partial charge in [-0.05, 0) is 25.3 Å². The Balaban J connectivity index is 2.50. The van der Waals surface area contributed by atoms with Gasteiger partial charge in [-0.1, -0.05) is 32.0 Å². The fourth-order valence-corrected chi connectivity index (χ4v) is 2.10. The van der Waals surface area contributed by atoms with Crippen LogP contribution in [-0.2, 0) is 6.42 Å². The summed E-state index contributed by atoms with van der Waals surface area (Å²) in [7, 11) is 0. The summed E-state index contributed by atoms with van der Waals surface area (Å²) in [6, 6.07) is 6.83. The Morgan fingerprint density at radius 3 is 2.63 bits per heavy atom. The third-order valence-corrected chi connectivity index (χ3v) is 2.99. The number of hydrogen-bond acceptors (Lipinski definition) is 4. The Kier molecular flexibility index (Phi) is 6.45. The van der Waals surface area contributed by atoms with E-state index in [1.807, 2.05) is 0 Å². The van der Waals surface area contributed by atoms with Crippen molar-refractivity contribution >= 4 is 5.69 Å². The van der Waals surface area contributed by atoms with Crippen molar-refractivity contribution < 1.29 is 10.0 Å². The van der Waals surface area contributed by atoms with Crippen LogP contribution < -0.4 is 5.32 Å². The molecule has 5 heteroatoms. The maximum atomic E-state index is 10.9. The average Bonchev–Trinajstić information content (AvgIpc) is 2.37. The van der Waals surface area contributed by atoms with E-state index in [-0.39, 0.29) is 23.3 Å². The number of rotatable bonds is 8. The first-order valence-electron chi connectivity index (χ1n) is 6.61. The van der Waals surface area contributed by atoms with E-state index in [4.69, 9.17) is 0 Å². The van der Waals surface area contributed by atoms with E-state index in [2.05, 4.69) is 19.2 Å². The van der Waals surface area contributed by atoms with Crippen molar-refractivity contribution in [3.63, 3.8) is 0 Å². The number of benzene rings is 1. The average molecular weight is 266 g/mol. The summed E-state index contributed by atoms with van der Waals surface area (Å²) in [5.41, 5.74) is 0.884. The van der Waals surface area contributed by atoms with Gasteiger partial charge in [0.15, 0.2) is 0 Å². The van der Waals surface area contributed by atoms with E-state index in [1.54, 1.807) is 18.2 Å². The van der Waals surface area contributed by atoms with Crippen molar-refractivity contribution in [2.75, 3.05) is 13.2 Å². The molecule has 0 radical (unpaired) electrons. The van der Waals surface area contributed by atoms with E-state index in [0.29, 0.717) is 18.9 Å². The highest BCUT2D eigenvalue weighted by molar-refractivity contribution is 5.39. The van der Waals surface area contributed by atoms with Crippen LogP contribution in [0.3, 0.4) is 0 Å². The Morgan fingerprint density at radius 2 is 2.05 bits per heavy atom. The quantitative estimate of drug-likeness (QED) is 0.558. The molecular weight excluding hydrogens is 244 g/mol. The molecule has 19 heavy (non-hydrogen) atoms. The summed E-state index contributed by atoms with van der Waals surface area (Å²) in [5.74, 6) is 0.510. The predicted molar refractivity (Wildman–Crippen MR) is 75.1 cm³/mol. The molecule has 0 bridgehead atoms. The largest absolute Gasteiger partial charge is 0.395 e.